The first-order valence-electron chi connectivity index (χ1n) is 10.6. The molecule has 6 nitrogen and oxygen atoms in total. The van der Waals surface area contributed by atoms with Crippen LogP contribution in [0, 0.1) is 0 Å². The third-order valence-electron chi connectivity index (χ3n) is 5.33. The van der Waals surface area contributed by atoms with Gasteiger partial charge in [0.25, 0.3) is 5.91 Å². The summed E-state index contributed by atoms with van der Waals surface area (Å²) in [6.07, 6.45) is 0.989. The van der Waals surface area contributed by atoms with E-state index in [2.05, 4.69) is 34.6 Å². The maximum absolute atomic E-state index is 12.4. The van der Waals surface area contributed by atoms with Crippen molar-refractivity contribution in [1.29, 1.82) is 0 Å². The Bertz CT molecular complexity index is 1410. The van der Waals surface area contributed by atoms with Gasteiger partial charge in [0.15, 0.2) is 6.61 Å². The Hall–Kier alpha value is -4.19. The molecular formula is C26H22N4O2. The summed E-state index contributed by atoms with van der Waals surface area (Å²) in [4.78, 5) is 14.0. The first-order chi connectivity index (χ1) is 15.7. The van der Waals surface area contributed by atoms with Gasteiger partial charge in [-0.1, -0.05) is 49.4 Å². The molecule has 1 amide bonds. The minimum absolute atomic E-state index is 0.0765. The van der Waals surface area contributed by atoms with E-state index < -0.39 is 0 Å². The van der Waals surface area contributed by atoms with E-state index in [-0.39, 0.29) is 12.5 Å². The number of amides is 1. The molecule has 0 bridgehead atoms. The summed E-state index contributed by atoms with van der Waals surface area (Å²) in [6, 6.07) is 27.4. The van der Waals surface area contributed by atoms with Crippen molar-refractivity contribution in [3.05, 3.63) is 90.5 Å². The standard InChI is InChI=1S/C26H22N4O2/c1-2-18-7-11-22(12-8-18)30-28-24-14-10-21(16-25(24)29-30)27-26(31)17-32-23-13-9-19-5-3-4-6-20(19)15-23/h3-16H,2,17H2,1H3,(H,27,31). The Morgan fingerprint density at radius 2 is 1.66 bits per heavy atom. The van der Waals surface area contributed by atoms with Crippen LogP contribution < -0.4 is 10.1 Å². The molecule has 0 saturated carbocycles. The fraction of sp³-hybridized carbons (Fsp3) is 0.115. The molecule has 32 heavy (non-hydrogen) atoms. The van der Waals surface area contributed by atoms with Gasteiger partial charge in [0.05, 0.1) is 5.69 Å². The van der Waals surface area contributed by atoms with Gasteiger partial charge < -0.3 is 10.1 Å². The Balaban J connectivity index is 1.26. The maximum Gasteiger partial charge on any atom is 0.262 e. The van der Waals surface area contributed by atoms with E-state index in [0.29, 0.717) is 17.0 Å². The first kappa shape index (κ1) is 19.8. The number of fused-ring (bicyclic) bond motifs is 2. The summed E-state index contributed by atoms with van der Waals surface area (Å²) in [5.74, 6) is 0.423. The number of carbonyl (C=O) groups is 1. The average molecular weight is 422 g/mol. The molecule has 0 aliphatic heterocycles. The van der Waals surface area contributed by atoms with Crippen molar-refractivity contribution in [2.75, 3.05) is 11.9 Å². The van der Waals surface area contributed by atoms with Crippen LogP contribution in [0.2, 0.25) is 0 Å². The molecule has 0 atom stereocenters. The highest BCUT2D eigenvalue weighted by Gasteiger charge is 2.09. The molecule has 158 valence electrons. The second kappa shape index (κ2) is 8.51. The van der Waals surface area contributed by atoms with Gasteiger partial charge in [-0.15, -0.1) is 10.2 Å². The number of carbonyl (C=O) groups excluding carboxylic acids is 1. The number of aryl methyl sites for hydroxylation is 1. The van der Waals surface area contributed by atoms with Crippen LogP contribution in [0.15, 0.2) is 84.9 Å². The van der Waals surface area contributed by atoms with E-state index >= 15 is 0 Å². The van der Waals surface area contributed by atoms with Crippen molar-refractivity contribution in [3.63, 3.8) is 0 Å². The largest absolute Gasteiger partial charge is 0.484 e. The highest BCUT2D eigenvalue weighted by atomic mass is 16.5. The molecule has 6 heteroatoms. The number of anilines is 1. The molecule has 0 aliphatic carbocycles. The zero-order chi connectivity index (χ0) is 21.9. The van der Waals surface area contributed by atoms with Crippen LogP contribution in [0.5, 0.6) is 5.75 Å². The summed E-state index contributed by atoms with van der Waals surface area (Å²) in [5.41, 5.74) is 4.28. The van der Waals surface area contributed by atoms with Crippen LogP contribution in [0.1, 0.15) is 12.5 Å². The summed E-state index contributed by atoms with van der Waals surface area (Å²) < 4.78 is 5.67. The van der Waals surface area contributed by atoms with Crippen LogP contribution in [-0.2, 0) is 11.2 Å². The lowest BCUT2D eigenvalue weighted by Crippen LogP contribution is -2.20. The van der Waals surface area contributed by atoms with Crippen LogP contribution >= 0.6 is 0 Å². The first-order valence-corrected chi connectivity index (χ1v) is 10.6. The van der Waals surface area contributed by atoms with Crippen molar-refractivity contribution in [1.82, 2.24) is 15.0 Å². The Morgan fingerprint density at radius 3 is 2.47 bits per heavy atom. The van der Waals surface area contributed by atoms with E-state index in [1.54, 1.807) is 4.80 Å². The third-order valence-corrected chi connectivity index (χ3v) is 5.33. The van der Waals surface area contributed by atoms with E-state index in [1.807, 2.05) is 72.8 Å². The van der Waals surface area contributed by atoms with Crippen molar-refractivity contribution in [2.45, 2.75) is 13.3 Å². The fourth-order valence-corrected chi connectivity index (χ4v) is 3.58. The number of nitrogens with one attached hydrogen (secondary N) is 1. The third kappa shape index (κ3) is 4.16. The van der Waals surface area contributed by atoms with Gasteiger partial charge in [0.2, 0.25) is 0 Å². The molecule has 4 aromatic carbocycles. The van der Waals surface area contributed by atoms with Crippen molar-refractivity contribution < 1.29 is 9.53 Å². The van der Waals surface area contributed by atoms with Gasteiger partial charge in [-0.2, -0.15) is 4.80 Å². The van der Waals surface area contributed by atoms with Crippen LogP contribution in [0.4, 0.5) is 5.69 Å². The van der Waals surface area contributed by atoms with Crippen LogP contribution in [-0.4, -0.2) is 27.5 Å². The van der Waals surface area contributed by atoms with Gasteiger partial charge in [0.1, 0.15) is 16.8 Å². The fourth-order valence-electron chi connectivity index (χ4n) is 3.58. The Kier molecular flexibility index (Phi) is 5.25. The van der Waals surface area contributed by atoms with E-state index in [9.17, 15) is 4.79 Å². The summed E-state index contributed by atoms with van der Waals surface area (Å²) in [6.45, 7) is 2.05. The summed E-state index contributed by atoms with van der Waals surface area (Å²) in [7, 11) is 0. The van der Waals surface area contributed by atoms with Gasteiger partial charge in [0, 0.05) is 5.69 Å². The molecule has 5 rings (SSSR count). The van der Waals surface area contributed by atoms with Gasteiger partial charge >= 0.3 is 0 Å². The molecule has 0 fully saturated rings. The molecule has 1 aromatic heterocycles. The SMILES string of the molecule is CCc1ccc(-n2nc3ccc(NC(=O)COc4ccc5ccccc5c4)cc3n2)cc1. The number of rotatable bonds is 6. The van der Waals surface area contributed by atoms with Crippen molar-refractivity contribution in [2.24, 2.45) is 0 Å². The van der Waals surface area contributed by atoms with E-state index in [4.69, 9.17) is 4.74 Å². The lowest BCUT2D eigenvalue weighted by molar-refractivity contribution is -0.118. The molecule has 0 saturated heterocycles. The molecule has 0 radical (unpaired) electrons. The smallest absolute Gasteiger partial charge is 0.262 e. The quantitative estimate of drug-likeness (QED) is 0.411. The molecule has 1 N–H and O–H groups in total. The van der Waals surface area contributed by atoms with Gasteiger partial charge in [-0.05, 0) is 65.2 Å². The number of benzene rings is 4. The molecule has 0 unspecified atom stereocenters. The Labute approximate surface area is 185 Å². The number of aromatic nitrogens is 3. The number of ether oxygens (including phenoxy) is 1. The van der Waals surface area contributed by atoms with Crippen LogP contribution in [0.3, 0.4) is 0 Å². The van der Waals surface area contributed by atoms with E-state index in [0.717, 1.165) is 28.4 Å². The molecule has 0 aliphatic rings. The lowest BCUT2D eigenvalue weighted by Gasteiger charge is -2.08. The Morgan fingerprint density at radius 1 is 0.875 bits per heavy atom. The topological polar surface area (TPSA) is 69.0 Å². The van der Waals surface area contributed by atoms with Gasteiger partial charge in [-0.3, -0.25) is 4.79 Å². The second-order valence-corrected chi connectivity index (χ2v) is 7.56. The predicted molar refractivity (Wildman–Crippen MR) is 126 cm³/mol. The highest BCUT2D eigenvalue weighted by molar-refractivity contribution is 5.94. The molecule has 5 aromatic rings. The van der Waals surface area contributed by atoms with Crippen molar-refractivity contribution >= 4 is 33.4 Å². The zero-order valence-corrected chi connectivity index (χ0v) is 17.7. The lowest BCUT2D eigenvalue weighted by atomic mass is 10.1. The maximum atomic E-state index is 12.4. The molecule has 0 spiro atoms. The zero-order valence-electron chi connectivity index (χ0n) is 17.7. The minimum atomic E-state index is -0.236. The summed E-state index contributed by atoms with van der Waals surface area (Å²) in [5, 5.41) is 14.1. The average Bonchev–Trinajstić information content (AvgIpc) is 3.26. The molecule has 1 heterocycles. The van der Waals surface area contributed by atoms with Crippen molar-refractivity contribution in [3.8, 4) is 11.4 Å². The number of hydrogen-bond donors (Lipinski definition) is 1. The number of hydrogen-bond acceptors (Lipinski definition) is 4. The summed E-state index contributed by atoms with van der Waals surface area (Å²) >= 11 is 0. The second-order valence-electron chi connectivity index (χ2n) is 7.56. The molecular weight excluding hydrogens is 400 g/mol. The number of nitrogens with zero attached hydrogens (tertiary/aromatic N) is 3. The minimum Gasteiger partial charge on any atom is -0.484 e. The van der Waals surface area contributed by atoms with E-state index in [1.165, 1.54) is 5.56 Å². The predicted octanol–water partition coefficient (Wildman–Crippen LogP) is 5.15. The highest BCUT2D eigenvalue weighted by Crippen LogP contribution is 2.21. The monoisotopic (exact) mass is 422 g/mol. The normalized spacial score (nSPS) is 11.0. The van der Waals surface area contributed by atoms with Gasteiger partial charge in [-0.25, -0.2) is 0 Å². The van der Waals surface area contributed by atoms with Crippen LogP contribution in [0.25, 0.3) is 27.5 Å².